The maximum atomic E-state index is 13.0. The topological polar surface area (TPSA) is 87.3 Å². The van der Waals surface area contributed by atoms with Crippen molar-refractivity contribution in [3.8, 4) is 17.0 Å². The SMILES string of the molecule is COc1ccc(-c2cc(C(=O)N3CCC(NC(=O)c4ccc(F)cc4)CC3)[nH]n2)cc1. The summed E-state index contributed by atoms with van der Waals surface area (Å²) in [4.78, 5) is 26.9. The molecule has 0 saturated carbocycles. The van der Waals surface area contributed by atoms with Gasteiger partial charge in [0.25, 0.3) is 11.8 Å². The van der Waals surface area contributed by atoms with Crippen LogP contribution in [0.2, 0.25) is 0 Å². The fraction of sp³-hybridized carbons (Fsp3) is 0.261. The first-order chi connectivity index (χ1) is 15.0. The normalized spacial score (nSPS) is 14.3. The molecule has 0 bridgehead atoms. The molecule has 1 aliphatic heterocycles. The summed E-state index contributed by atoms with van der Waals surface area (Å²) >= 11 is 0. The van der Waals surface area contributed by atoms with Gasteiger partial charge in [0.15, 0.2) is 0 Å². The van der Waals surface area contributed by atoms with E-state index in [9.17, 15) is 14.0 Å². The number of aromatic nitrogens is 2. The number of rotatable bonds is 5. The van der Waals surface area contributed by atoms with Gasteiger partial charge < -0.3 is 15.0 Å². The molecule has 2 amide bonds. The van der Waals surface area contributed by atoms with Crippen LogP contribution in [0.25, 0.3) is 11.3 Å². The maximum absolute atomic E-state index is 13.0. The summed E-state index contributed by atoms with van der Waals surface area (Å²) in [7, 11) is 1.61. The number of nitrogens with one attached hydrogen (secondary N) is 2. The molecule has 1 fully saturated rings. The predicted molar refractivity (Wildman–Crippen MR) is 113 cm³/mol. The van der Waals surface area contributed by atoms with E-state index in [1.165, 1.54) is 24.3 Å². The van der Waals surface area contributed by atoms with Crippen LogP contribution in [0.3, 0.4) is 0 Å². The van der Waals surface area contributed by atoms with Crippen molar-refractivity contribution < 1.29 is 18.7 Å². The van der Waals surface area contributed by atoms with Crippen molar-refractivity contribution in [1.29, 1.82) is 0 Å². The van der Waals surface area contributed by atoms with Gasteiger partial charge in [-0.25, -0.2) is 4.39 Å². The zero-order valence-corrected chi connectivity index (χ0v) is 17.1. The monoisotopic (exact) mass is 422 g/mol. The van der Waals surface area contributed by atoms with Crippen LogP contribution < -0.4 is 10.1 Å². The zero-order chi connectivity index (χ0) is 21.8. The molecule has 0 atom stereocenters. The van der Waals surface area contributed by atoms with E-state index in [1.807, 2.05) is 24.3 Å². The van der Waals surface area contributed by atoms with Gasteiger partial charge in [-0.05, 0) is 67.4 Å². The van der Waals surface area contributed by atoms with Crippen LogP contribution in [0.15, 0.2) is 54.6 Å². The van der Waals surface area contributed by atoms with E-state index in [0.29, 0.717) is 42.9 Å². The van der Waals surface area contributed by atoms with Gasteiger partial charge in [-0.3, -0.25) is 14.7 Å². The van der Waals surface area contributed by atoms with Gasteiger partial charge in [0.1, 0.15) is 17.3 Å². The number of hydrogen-bond acceptors (Lipinski definition) is 4. The Bertz CT molecular complexity index is 1060. The van der Waals surface area contributed by atoms with Crippen molar-refractivity contribution in [3.63, 3.8) is 0 Å². The number of methoxy groups -OCH3 is 1. The molecule has 0 aliphatic carbocycles. The molecule has 160 valence electrons. The number of carbonyl (C=O) groups is 2. The molecule has 31 heavy (non-hydrogen) atoms. The van der Waals surface area contributed by atoms with Crippen LogP contribution in [0, 0.1) is 5.82 Å². The molecule has 0 unspecified atom stereocenters. The summed E-state index contributed by atoms with van der Waals surface area (Å²) in [6.07, 6.45) is 1.30. The van der Waals surface area contributed by atoms with Crippen molar-refractivity contribution in [2.75, 3.05) is 20.2 Å². The average Bonchev–Trinajstić information content (AvgIpc) is 3.30. The molecule has 1 saturated heterocycles. The first-order valence-corrected chi connectivity index (χ1v) is 10.1. The highest BCUT2D eigenvalue weighted by molar-refractivity contribution is 5.95. The number of hydrogen-bond donors (Lipinski definition) is 2. The lowest BCUT2D eigenvalue weighted by Crippen LogP contribution is -2.46. The van der Waals surface area contributed by atoms with Crippen LogP contribution in [-0.4, -0.2) is 53.2 Å². The van der Waals surface area contributed by atoms with Gasteiger partial charge >= 0.3 is 0 Å². The summed E-state index contributed by atoms with van der Waals surface area (Å²) in [6, 6.07) is 14.6. The summed E-state index contributed by atoms with van der Waals surface area (Å²) in [6.45, 7) is 1.06. The second-order valence-corrected chi connectivity index (χ2v) is 7.44. The highest BCUT2D eigenvalue weighted by atomic mass is 19.1. The third-order valence-corrected chi connectivity index (χ3v) is 5.42. The van der Waals surface area contributed by atoms with E-state index in [4.69, 9.17) is 4.74 Å². The van der Waals surface area contributed by atoms with E-state index in [2.05, 4.69) is 15.5 Å². The lowest BCUT2D eigenvalue weighted by molar-refractivity contribution is 0.0692. The van der Waals surface area contributed by atoms with E-state index in [-0.39, 0.29) is 23.7 Å². The highest BCUT2D eigenvalue weighted by Crippen LogP contribution is 2.22. The molecule has 2 aromatic carbocycles. The summed E-state index contributed by atoms with van der Waals surface area (Å²) in [5.74, 6) is 0.0281. The van der Waals surface area contributed by atoms with Gasteiger partial charge in [-0.1, -0.05) is 0 Å². The lowest BCUT2D eigenvalue weighted by atomic mass is 10.0. The Morgan fingerprint density at radius 3 is 2.42 bits per heavy atom. The number of likely N-dealkylation sites (tertiary alicyclic amines) is 1. The minimum atomic E-state index is -0.377. The summed E-state index contributed by atoms with van der Waals surface area (Å²) < 4.78 is 18.2. The van der Waals surface area contributed by atoms with Crippen LogP contribution >= 0.6 is 0 Å². The molecule has 0 spiro atoms. The fourth-order valence-electron chi connectivity index (χ4n) is 3.61. The molecule has 2 heterocycles. The minimum Gasteiger partial charge on any atom is -0.497 e. The van der Waals surface area contributed by atoms with Gasteiger partial charge in [-0.15, -0.1) is 0 Å². The van der Waals surface area contributed by atoms with Crippen molar-refractivity contribution >= 4 is 11.8 Å². The van der Waals surface area contributed by atoms with Gasteiger partial charge in [0.2, 0.25) is 0 Å². The van der Waals surface area contributed by atoms with Crippen LogP contribution in [0.5, 0.6) is 5.75 Å². The number of amides is 2. The molecule has 4 rings (SSSR count). The Labute approximate surface area is 179 Å². The summed E-state index contributed by atoms with van der Waals surface area (Å²) in [5, 5.41) is 10.0. The second-order valence-electron chi connectivity index (χ2n) is 7.44. The molecule has 0 radical (unpaired) electrons. The number of halogens is 1. The van der Waals surface area contributed by atoms with Gasteiger partial charge in [-0.2, -0.15) is 5.10 Å². The van der Waals surface area contributed by atoms with Crippen LogP contribution in [0.4, 0.5) is 4.39 Å². The minimum absolute atomic E-state index is 0.0294. The van der Waals surface area contributed by atoms with E-state index in [1.54, 1.807) is 18.1 Å². The number of benzene rings is 2. The molecule has 2 N–H and O–H groups in total. The Morgan fingerprint density at radius 1 is 1.10 bits per heavy atom. The van der Waals surface area contributed by atoms with Crippen LogP contribution in [-0.2, 0) is 0 Å². The number of ether oxygens (including phenoxy) is 1. The zero-order valence-electron chi connectivity index (χ0n) is 17.1. The smallest absolute Gasteiger partial charge is 0.271 e. The molecule has 1 aromatic heterocycles. The number of carbonyl (C=O) groups excluding carboxylic acids is 2. The van der Waals surface area contributed by atoms with E-state index >= 15 is 0 Å². The van der Waals surface area contributed by atoms with Crippen LogP contribution in [0.1, 0.15) is 33.7 Å². The number of aromatic amines is 1. The molecule has 3 aromatic rings. The Kier molecular flexibility index (Phi) is 5.97. The van der Waals surface area contributed by atoms with Crippen molar-refractivity contribution in [3.05, 3.63) is 71.7 Å². The predicted octanol–water partition coefficient (Wildman–Crippen LogP) is 3.26. The standard InChI is InChI=1S/C23H23FN4O3/c1-31-19-8-4-15(5-9-19)20-14-21(27-26-20)23(30)28-12-10-18(11-13-28)25-22(29)16-2-6-17(24)7-3-16/h2-9,14,18H,10-13H2,1H3,(H,25,29)(H,26,27). The van der Waals surface area contributed by atoms with E-state index < -0.39 is 0 Å². The highest BCUT2D eigenvalue weighted by Gasteiger charge is 2.26. The number of H-pyrrole nitrogens is 1. The largest absolute Gasteiger partial charge is 0.497 e. The fourth-order valence-corrected chi connectivity index (χ4v) is 3.61. The Balaban J connectivity index is 1.32. The Morgan fingerprint density at radius 2 is 1.77 bits per heavy atom. The van der Waals surface area contributed by atoms with Gasteiger partial charge in [0.05, 0.1) is 12.8 Å². The van der Waals surface area contributed by atoms with E-state index in [0.717, 1.165) is 11.3 Å². The third kappa shape index (κ3) is 4.74. The quantitative estimate of drug-likeness (QED) is 0.661. The molecule has 7 nitrogen and oxygen atoms in total. The second kappa shape index (κ2) is 8.99. The molecular weight excluding hydrogens is 399 g/mol. The van der Waals surface area contributed by atoms with Crippen molar-refractivity contribution in [2.24, 2.45) is 0 Å². The molecular formula is C23H23FN4O3. The maximum Gasteiger partial charge on any atom is 0.271 e. The average molecular weight is 422 g/mol. The molecule has 8 heteroatoms. The first kappa shape index (κ1) is 20.6. The Hall–Kier alpha value is -3.68. The summed E-state index contributed by atoms with van der Waals surface area (Å²) in [5.41, 5.74) is 2.42. The first-order valence-electron chi connectivity index (χ1n) is 10.1. The number of nitrogens with zero attached hydrogens (tertiary/aromatic N) is 2. The lowest BCUT2D eigenvalue weighted by Gasteiger charge is -2.32. The van der Waals surface area contributed by atoms with Gasteiger partial charge in [0, 0.05) is 30.3 Å². The number of piperidine rings is 1. The molecule has 1 aliphatic rings. The van der Waals surface area contributed by atoms with Crippen molar-refractivity contribution in [2.45, 2.75) is 18.9 Å². The third-order valence-electron chi connectivity index (χ3n) is 5.42. The van der Waals surface area contributed by atoms with Crippen molar-refractivity contribution in [1.82, 2.24) is 20.4 Å².